The first-order chi connectivity index (χ1) is 31.5. The van der Waals surface area contributed by atoms with Gasteiger partial charge in [-0.15, -0.1) is 0 Å². The van der Waals surface area contributed by atoms with Crippen LogP contribution in [-0.2, 0) is 28.6 Å². The van der Waals surface area contributed by atoms with Gasteiger partial charge in [0, 0.05) is 19.3 Å². The molecule has 6 nitrogen and oxygen atoms in total. The molecular formula is C58H98O6. The first-order valence-corrected chi connectivity index (χ1v) is 26.6. The van der Waals surface area contributed by atoms with E-state index in [4.69, 9.17) is 14.2 Å². The van der Waals surface area contributed by atoms with Crippen LogP contribution in [0.25, 0.3) is 0 Å². The van der Waals surface area contributed by atoms with E-state index >= 15 is 0 Å². The van der Waals surface area contributed by atoms with E-state index in [2.05, 4.69) is 106 Å². The van der Waals surface area contributed by atoms with Crippen LogP contribution in [-0.4, -0.2) is 37.2 Å². The zero-order valence-corrected chi connectivity index (χ0v) is 41.8. The summed E-state index contributed by atoms with van der Waals surface area (Å²) in [5.41, 5.74) is 0. The van der Waals surface area contributed by atoms with Crippen molar-refractivity contribution in [3.05, 3.63) is 85.1 Å². The number of ether oxygens (including phenoxy) is 3. The van der Waals surface area contributed by atoms with Crippen molar-refractivity contribution in [3.8, 4) is 0 Å². The molecule has 0 fully saturated rings. The molecule has 0 spiro atoms. The lowest BCUT2D eigenvalue weighted by molar-refractivity contribution is -0.167. The van der Waals surface area contributed by atoms with Gasteiger partial charge in [0.15, 0.2) is 6.10 Å². The third-order valence-electron chi connectivity index (χ3n) is 11.1. The highest BCUT2D eigenvalue weighted by atomic mass is 16.6. The van der Waals surface area contributed by atoms with Gasteiger partial charge >= 0.3 is 17.9 Å². The van der Waals surface area contributed by atoms with Crippen LogP contribution in [0.3, 0.4) is 0 Å². The molecule has 6 heteroatoms. The van der Waals surface area contributed by atoms with Gasteiger partial charge in [-0.3, -0.25) is 14.4 Å². The molecule has 0 aromatic heterocycles. The van der Waals surface area contributed by atoms with E-state index in [1.54, 1.807) is 0 Å². The molecule has 1 unspecified atom stereocenters. The Morgan fingerprint density at radius 3 is 1.03 bits per heavy atom. The second-order valence-electron chi connectivity index (χ2n) is 17.4. The fourth-order valence-electron chi connectivity index (χ4n) is 7.12. The maximum atomic E-state index is 12.8. The van der Waals surface area contributed by atoms with Crippen molar-refractivity contribution in [2.24, 2.45) is 0 Å². The van der Waals surface area contributed by atoms with E-state index in [-0.39, 0.29) is 44.0 Å². The van der Waals surface area contributed by atoms with Crippen molar-refractivity contribution < 1.29 is 28.6 Å². The predicted molar refractivity (Wildman–Crippen MR) is 274 cm³/mol. The Hall–Kier alpha value is -3.41. The number of hydrogen-bond acceptors (Lipinski definition) is 6. The monoisotopic (exact) mass is 891 g/mol. The van der Waals surface area contributed by atoms with E-state index < -0.39 is 6.10 Å². The second-order valence-corrected chi connectivity index (χ2v) is 17.4. The summed E-state index contributed by atoms with van der Waals surface area (Å²) in [6, 6.07) is 0. The fourth-order valence-corrected chi connectivity index (χ4v) is 7.12. The van der Waals surface area contributed by atoms with Crippen molar-refractivity contribution in [2.75, 3.05) is 13.2 Å². The van der Waals surface area contributed by atoms with Crippen molar-refractivity contribution in [1.82, 2.24) is 0 Å². The van der Waals surface area contributed by atoms with E-state index in [1.165, 1.54) is 116 Å². The van der Waals surface area contributed by atoms with Crippen LogP contribution >= 0.6 is 0 Å². The molecule has 0 bridgehead atoms. The van der Waals surface area contributed by atoms with Crippen LogP contribution in [0.1, 0.15) is 245 Å². The second kappa shape index (κ2) is 52.2. The number of esters is 3. The first-order valence-electron chi connectivity index (χ1n) is 26.6. The normalized spacial score (nSPS) is 12.7. The summed E-state index contributed by atoms with van der Waals surface area (Å²) >= 11 is 0. The van der Waals surface area contributed by atoms with Gasteiger partial charge in [0.2, 0.25) is 0 Å². The molecule has 0 aromatic rings. The molecule has 0 radical (unpaired) electrons. The molecule has 0 aromatic carbocycles. The van der Waals surface area contributed by atoms with E-state index in [0.717, 1.165) is 77.0 Å². The topological polar surface area (TPSA) is 78.9 Å². The minimum atomic E-state index is -0.826. The Balaban J connectivity index is 4.48. The number of allylic oxidation sites excluding steroid dienone is 14. The van der Waals surface area contributed by atoms with Gasteiger partial charge in [0.05, 0.1) is 0 Å². The van der Waals surface area contributed by atoms with Crippen LogP contribution in [0.4, 0.5) is 0 Å². The van der Waals surface area contributed by atoms with Gasteiger partial charge in [0.25, 0.3) is 0 Å². The third kappa shape index (κ3) is 49.6. The Morgan fingerprint density at radius 2 is 0.625 bits per heavy atom. The summed E-state index contributed by atoms with van der Waals surface area (Å²) in [6.07, 6.45) is 67.3. The molecule has 0 amide bonds. The molecule has 0 saturated carbocycles. The highest BCUT2D eigenvalue weighted by molar-refractivity contribution is 5.71. The predicted octanol–water partition coefficient (Wildman–Crippen LogP) is 17.6. The Kier molecular flexibility index (Phi) is 49.4. The number of rotatable bonds is 47. The van der Waals surface area contributed by atoms with Crippen LogP contribution in [0.5, 0.6) is 0 Å². The first kappa shape index (κ1) is 60.6. The summed E-state index contributed by atoms with van der Waals surface area (Å²) in [6.45, 7) is 6.42. The smallest absolute Gasteiger partial charge is 0.306 e. The number of unbranched alkanes of at least 4 members (excludes halogenated alkanes) is 22. The van der Waals surface area contributed by atoms with E-state index in [0.29, 0.717) is 19.3 Å². The van der Waals surface area contributed by atoms with Gasteiger partial charge in [-0.05, 0) is 103 Å². The van der Waals surface area contributed by atoms with Gasteiger partial charge < -0.3 is 14.2 Å². The molecule has 0 N–H and O–H groups in total. The molecular weight excluding hydrogens is 793 g/mol. The summed E-state index contributed by atoms with van der Waals surface area (Å²) in [5, 5.41) is 0. The van der Waals surface area contributed by atoms with Crippen molar-refractivity contribution in [1.29, 1.82) is 0 Å². The lowest BCUT2D eigenvalue weighted by Gasteiger charge is -2.18. The van der Waals surface area contributed by atoms with Crippen molar-refractivity contribution in [2.45, 2.75) is 252 Å². The highest BCUT2D eigenvalue weighted by Crippen LogP contribution is 2.13. The quantitative estimate of drug-likeness (QED) is 0.0262. The van der Waals surface area contributed by atoms with Gasteiger partial charge in [-0.25, -0.2) is 0 Å². The summed E-state index contributed by atoms with van der Waals surface area (Å²) < 4.78 is 16.7. The Labute approximate surface area is 395 Å². The van der Waals surface area contributed by atoms with Crippen LogP contribution in [0.2, 0.25) is 0 Å². The minimum Gasteiger partial charge on any atom is -0.462 e. The van der Waals surface area contributed by atoms with E-state index in [9.17, 15) is 14.4 Å². The number of hydrogen-bond donors (Lipinski definition) is 0. The Morgan fingerprint density at radius 1 is 0.328 bits per heavy atom. The van der Waals surface area contributed by atoms with Crippen LogP contribution in [0.15, 0.2) is 85.1 Å². The fraction of sp³-hybridized carbons (Fsp3) is 0.707. The highest BCUT2D eigenvalue weighted by Gasteiger charge is 2.19. The van der Waals surface area contributed by atoms with Crippen LogP contribution < -0.4 is 0 Å². The van der Waals surface area contributed by atoms with Crippen molar-refractivity contribution in [3.63, 3.8) is 0 Å². The zero-order chi connectivity index (χ0) is 46.5. The molecule has 0 aliphatic carbocycles. The van der Waals surface area contributed by atoms with E-state index in [1.807, 2.05) is 0 Å². The molecule has 366 valence electrons. The summed E-state index contributed by atoms with van der Waals surface area (Å²) in [7, 11) is 0. The SMILES string of the molecule is CC/C=C\C/C=C\C/C=C\CCCC(=O)OCC(COC(=O)CCCCCCC/C=C\CCCCCCCCCCC)OC(=O)CCC/C=C\C/C=C\C/C=C\CCCCCCCC. The molecule has 0 aliphatic heterocycles. The minimum absolute atomic E-state index is 0.117. The van der Waals surface area contributed by atoms with Crippen molar-refractivity contribution >= 4 is 17.9 Å². The molecule has 0 rings (SSSR count). The molecule has 0 heterocycles. The van der Waals surface area contributed by atoms with Gasteiger partial charge in [-0.2, -0.15) is 0 Å². The molecule has 64 heavy (non-hydrogen) atoms. The lowest BCUT2D eigenvalue weighted by atomic mass is 10.1. The number of carbonyl (C=O) groups excluding carboxylic acids is 3. The average molecular weight is 891 g/mol. The average Bonchev–Trinajstić information content (AvgIpc) is 3.29. The zero-order valence-electron chi connectivity index (χ0n) is 41.8. The largest absolute Gasteiger partial charge is 0.462 e. The lowest BCUT2D eigenvalue weighted by Crippen LogP contribution is -2.30. The number of carbonyl (C=O) groups is 3. The molecule has 0 aliphatic rings. The summed E-state index contributed by atoms with van der Waals surface area (Å²) in [4.78, 5) is 37.9. The maximum absolute atomic E-state index is 12.8. The maximum Gasteiger partial charge on any atom is 0.306 e. The third-order valence-corrected chi connectivity index (χ3v) is 11.1. The van der Waals surface area contributed by atoms with Gasteiger partial charge in [0.1, 0.15) is 13.2 Å². The summed E-state index contributed by atoms with van der Waals surface area (Å²) in [5.74, 6) is -1.03. The molecule has 1 atom stereocenters. The van der Waals surface area contributed by atoms with Crippen LogP contribution in [0, 0.1) is 0 Å². The standard InChI is InChI=1S/C58H98O6/c1-4-7-10-13-16-19-22-24-26-28-30-31-33-36-39-42-45-48-51-57(60)63-54-55(53-62-56(59)50-47-44-41-38-35-21-18-15-12-9-6-3)64-58(61)52-49-46-43-40-37-34-32-29-27-25-23-20-17-14-11-8-5-2/h9,12,18,21,25,27,30-32,34,38,40-41,43,55H,4-8,10-11,13-17,19-20,22-24,26,28-29,33,35-37,39,42,44-54H2,1-3H3/b12-9-,21-18-,27-25-,31-30-,34-32-,41-38-,43-40-. The molecule has 0 saturated heterocycles. The Bertz CT molecular complexity index is 1250. The van der Waals surface area contributed by atoms with Gasteiger partial charge in [-0.1, -0.05) is 209 Å².